The van der Waals surface area contributed by atoms with Gasteiger partial charge < -0.3 is 0 Å². The maximum absolute atomic E-state index is 13.0. The molecule has 2 rings (SSSR count). The normalized spacial score (nSPS) is 12.0. The lowest BCUT2D eigenvalue weighted by Crippen LogP contribution is -2.31. The number of anilines is 1. The Morgan fingerprint density at radius 1 is 1.12 bits per heavy atom. The van der Waals surface area contributed by atoms with Gasteiger partial charge in [0.1, 0.15) is 0 Å². The van der Waals surface area contributed by atoms with Gasteiger partial charge in [-0.25, -0.2) is 8.42 Å². The van der Waals surface area contributed by atoms with Gasteiger partial charge >= 0.3 is 6.18 Å². The van der Waals surface area contributed by atoms with Crippen molar-refractivity contribution in [2.75, 3.05) is 10.8 Å². The summed E-state index contributed by atoms with van der Waals surface area (Å²) in [5.41, 5.74) is -1.24. The predicted molar refractivity (Wildman–Crippen MR) is 87.6 cm³/mol. The minimum absolute atomic E-state index is 0.0321. The van der Waals surface area contributed by atoms with Gasteiger partial charge in [0.15, 0.2) is 0 Å². The molecular formula is C16H13ClF3NO2S. The minimum Gasteiger partial charge on any atom is -0.263 e. The monoisotopic (exact) mass is 375 g/mol. The van der Waals surface area contributed by atoms with Gasteiger partial charge in [-0.1, -0.05) is 35.9 Å². The van der Waals surface area contributed by atoms with E-state index in [-0.39, 0.29) is 17.1 Å². The van der Waals surface area contributed by atoms with Crippen LogP contribution in [0.5, 0.6) is 0 Å². The molecule has 0 unspecified atom stereocenters. The van der Waals surface area contributed by atoms with Crippen LogP contribution < -0.4 is 4.31 Å². The Morgan fingerprint density at radius 2 is 1.75 bits per heavy atom. The zero-order valence-corrected chi connectivity index (χ0v) is 13.9. The first-order valence-electron chi connectivity index (χ1n) is 6.73. The summed E-state index contributed by atoms with van der Waals surface area (Å²) in [6, 6.07) is 10.4. The lowest BCUT2D eigenvalue weighted by Gasteiger charge is -2.24. The highest BCUT2D eigenvalue weighted by molar-refractivity contribution is 7.92. The van der Waals surface area contributed by atoms with E-state index in [1.165, 1.54) is 36.4 Å². The van der Waals surface area contributed by atoms with Crippen molar-refractivity contribution >= 4 is 27.3 Å². The van der Waals surface area contributed by atoms with Crippen LogP contribution in [0.15, 0.2) is 66.1 Å². The molecule has 0 aromatic heterocycles. The second kappa shape index (κ2) is 6.86. The molecule has 0 saturated heterocycles. The molecule has 0 saturated carbocycles. The number of hydrogen-bond acceptors (Lipinski definition) is 2. The third kappa shape index (κ3) is 3.73. The molecule has 0 atom stereocenters. The van der Waals surface area contributed by atoms with Crippen LogP contribution in [0, 0.1) is 0 Å². The Bertz CT molecular complexity index is 836. The van der Waals surface area contributed by atoms with E-state index >= 15 is 0 Å². The summed E-state index contributed by atoms with van der Waals surface area (Å²) in [6.45, 7) is 3.28. The molecule has 0 radical (unpaired) electrons. The Kier molecular flexibility index (Phi) is 5.25. The average molecular weight is 376 g/mol. The van der Waals surface area contributed by atoms with E-state index in [0.717, 1.165) is 10.4 Å². The topological polar surface area (TPSA) is 37.4 Å². The Morgan fingerprint density at radius 3 is 2.29 bits per heavy atom. The van der Waals surface area contributed by atoms with Crippen molar-refractivity contribution < 1.29 is 21.6 Å². The molecule has 0 bridgehead atoms. The second-order valence-corrected chi connectivity index (χ2v) is 7.07. The molecule has 0 aliphatic heterocycles. The van der Waals surface area contributed by atoms with E-state index in [2.05, 4.69) is 6.58 Å². The summed E-state index contributed by atoms with van der Waals surface area (Å²) in [5.74, 6) is 0. The molecule has 24 heavy (non-hydrogen) atoms. The molecule has 3 nitrogen and oxygen atoms in total. The summed E-state index contributed by atoms with van der Waals surface area (Å²) < 4.78 is 65.4. The molecular weight excluding hydrogens is 363 g/mol. The SMILES string of the molecule is C=CCN(c1ccc(Cl)c(C(F)(F)F)c1)S(=O)(=O)c1ccccc1. The van der Waals surface area contributed by atoms with E-state index in [1.807, 2.05) is 0 Å². The van der Waals surface area contributed by atoms with E-state index < -0.39 is 26.8 Å². The number of hydrogen-bond donors (Lipinski definition) is 0. The summed E-state index contributed by atoms with van der Waals surface area (Å²) >= 11 is 5.59. The first-order valence-corrected chi connectivity index (χ1v) is 8.55. The van der Waals surface area contributed by atoms with Crippen molar-refractivity contribution in [1.82, 2.24) is 0 Å². The summed E-state index contributed by atoms with van der Waals surface area (Å²) in [4.78, 5) is -0.0321. The number of alkyl halides is 3. The zero-order chi connectivity index (χ0) is 18.0. The molecule has 8 heteroatoms. The van der Waals surface area contributed by atoms with Gasteiger partial charge in [-0.15, -0.1) is 6.58 Å². The van der Waals surface area contributed by atoms with Crippen molar-refractivity contribution in [2.45, 2.75) is 11.1 Å². The smallest absolute Gasteiger partial charge is 0.263 e. The van der Waals surface area contributed by atoms with Crippen molar-refractivity contribution in [3.05, 3.63) is 71.8 Å². The highest BCUT2D eigenvalue weighted by Crippen LogP contribution is 2.37. The maximum Gasteiger partial charge on any atom is 0.417 e. The fraction of sp³-hybridized carbons (Fsp3) is 0.125. The van der Waals surface area contributed by atoms with Crippen LogP contribution in [0.1, 0.15) is 5.56 Å². The molecule has 0 N–H and O–H groups in total. The van der Waals surface area contributed by atoms with Crippen LogP contribution in [0.25, 0.3) is 0 Å². The maximum atomic E-state index is 13.0. The summed E-state index contributed by atoms with van der Waals surface area (Å²) in [5, 5.41) is -0.498. The number of nitrogens with zero attached hydrogens (tertiary/aromatic N) is 1. The van der Waals surface area contributed by atoms with Crippen LogP contribution >= 0.6 is 11.6 Å². The number of halogens is 4. The molecule has 128 valence electrons. The largest absolute Gasteiger partial charge is 0.417 e. The highest BCUT2D eigenvalue weighted by Gasteiger charge is 2.34. The standard InChI is InChI=1S/C16H13ClF3NO2S/c1-2-10-21(24(22,23)13-6-4-3-5-7-13)12-8-9-15(17)14(11-12)16(18,19)20/h2-9,11H,1,10H2. The van der Waals surface area contributed by atoms with Crippen LogP contribution in [-0.2, 0) is 16.2 Å². The van der Waals surface area contributed by atoms with E-state index in [1.54, 1.807) is 6.07 Å². The van der Waals surface area contributed by atoms with Crippen molar-refractivity contribution in [3.63, 3.8) is 0 Å². The first-order chi connectivity index (χ1) is 11.2. The van der Waals surface area contributed by atoms with E-state index in [0.29, 0.717) is 6.07 Å². The van der Waals surface area contributed by atoms with Gasteiger partial charge in [-0.3, -0.25) is 4.31 Å². The van der Waals surface area contributed by atoms with Gasteiger partial charge in [0.05, 0.1) is 27.7 Å². The summed E-state index contributed by atoms with van der Waals surface area (Å²) in [6.07, 6.45) is -3.40. The molecule has 0 spiro atoms. The molecule has 2 aromatic rings. The lowest BCUT2D eigenvalue weighted by atomic mass is 10.2. The summed E-state index contributed by atoms with van der Waals surface area (Å²) in [7, 11) is -4.04. The molecule has 0 amide bonds. The Balaban J connectivity index is 2.59. The lowest BCUT2D eigenvalue weighted by molar-refractivity contribution is -0.137. The Labute approximate surface area is 143 Å². The van der Waals surface area contributed by atoms with Crippen LogP contribution in [-0.4, -0.2) is 15.0 Å². The van der Waals surface area contributed by atoms with E-state index in [4.69, 9.17) is 11.6 Å². The fourth-order valence-corrected chi connectivity index (χ4v) is 3.74. The molecule has 0 heterocycles. The average Bonchev–Trinajstić information content (AvgIpc) is 2.53. The van der Waals surface area contributed by atoms with Gasteiger partial charge in [0.2, 0.25) is 0 Å². The van der Waals surface area contributed by atoms with Crippen molar-refractivity contribution in [3.8, 4) is 0 Å². The third-order valence-electron chi connectivity index (χ3n) is 3.17. The minimum atomic E-state index is -4.69. The molecule has 0 aliphatic rings. The van der Waals surface area contributed by atoms with Crippen LogP contribution in [0.3, 0.4) is 0 Å². The van der Waals surface area contributed by atoms with Crippen LogP contribution in [0.2, 0.25) is 5.02 Å². The van der Waals surface area contributed by atoms with Crippen molar-refractivity contribution in [1.29, 1.82) is 0 Å². The first kappa shape index (κ1) is 18.4. The fourth-order valence-electron chi connectivity index (χ4n) is 2.06. The van der Waals surface area contributed by atoms with Gasteiger partial charge in [-0.2, -0.15) is 13.2 Å². The van der Waals surface area contributed by atoms with Gasteiger partial charge in [0, 0.05) is 0 Å². The second-order valence-electron chi connectivity index (χ2n) is 4.80. The molecule has 0 aliphatic carbocycles. The van der Waals surface area contributed by atoms with Crippen LogP contribution in [0.4, 0.5) is 18.9 Å². The predicted octanol–water partition coefficient (Wildman–Crippen LogP) is 4.74. The quantitative estimate of drug-likeness (QED) is 0.708. The Hall–Kier alpha value is -1.99. The van der Waals surface area contributed by atoms with E-state index in [9.17, 15) is 21.6 Å². The zero-order valence-electron chi connectivity index (χ0n) is 12.3. The van der Waals surface area contributed by atoms with Gasteiger partial charge in [0.25, 0.3) is 10.0 Å². The van der Waals surface area contributed by atoms with Crippen molar-refractivity contribution in [2.24, 2.45) is 0 Å². The molecule has 0 fully saturated rings. The van der Waals surface area contributed by atoms with Gasteiger partial charge in [-0.05, 0) is 30.3 Å². The number of sulfonamides is 1. The third-order valence-corrected chi connectivity index (χ3v) is 5.31. The molecule has 2 aromatic carbocycles. The number of benzene rings is 2. The number of rotatable bonds is 5. The highest BCUT2D eigenvalue weighted by atomic mass is 35.5.